The minimum absolute atomic E-state index is 0.171. The average Bonchev–Trinajstić information content (AvgIpc) is 2.33. The number of halogens is 3. The summed E-state index contributed by atoms with van der Waals surface area (Å²) in [5.41, 5.74) is 0.171. The first-order valence-electron chi connectivity index (χ1n) is 6.39. The van der Waals surface area contributed by atoms with Gasteiger partial charge in [0.05, 0.1) is 4.47 Å². The maximum Gasteiger partial charge on any atom is 0.144 e. The van der Waals surface area contributed by atoms with Crippen LogP contribution in [0.2, 0.25) is 0 Å². The van der Waals surface area contributed by atoms with Crippen LogP contribution in [0.3, 0.4) is 0 Å². The molecule has 0 N–H and O–H groups in total. The van der Waals surface area contributed by atoms with Gasteiger partial charge in [0.1, 0.15) is 11.6 Å². The largest absolute Gasteiger partial charge is 0.294 e. The number of nitrogens with zero attached hydrogens (tertiary/aromatic N) is 1. The normalized spacial score (nSPS) is 25.4. The molecule has 0 aliphatic carbocycles. The Bertz CT molecular complexity index is 426. The van der Waals surface area contributed by atoms with Crippen molar-refractivity contribution >= 4 is 15.9 Å². The lowest BCUT2D eigenvalue weighted by Gasteiger charge is -2.39. The van der Waals surface area contributed by atoms with E-state index in [0.29, 0.717) is 23.1 Å². The summed E-state index contributed by atoms with van der Waals surface area (Å²) in [6, 6.07) is 3.50. The van der Waals surface area contributed by atoms with E-state index in [9.17, 15) is 8.78 Å². The number of likely N-dealkylation sites (tertiary alicyclic amines) is 1. The summed E-state index contributed by atoms with van der Waals surface area (Å²) in [5, 5.41) is 0. The highest BCUT2D eigenvalue weighted by atomic mass is 79.9. The molecule has 1 saturated heterocycles. The van der Waals surface area contributed by atoms with Crippen molar-refractivity contribution in [1.29, 1.82) is 0 Å². The van der Waals surface area contributed by atoms with E-state index in [1.807, 2.05) is 0 Å². The molecule has 1 aliphatic heterocycles. The molecule has 1 fully saturated rings. The number of benzene rings is 1. The van der Waals surface area contributed by atoms with Gasteiger partial charge in [-0.3, -0.25) is 4.90 Å². The number of rotatable bonds is 2. The van der Waals surface area contributed by atoms with E-state index in [1.54, 1.807) is 0 Å². The first-order chi connectivity index (χ1) is 8.50. The lowest BCUT2D eigenvalue weighted by atomic mass is 9.96. The van der Waals surface area contributed by atoms with Crippen LogP contribution in [-0.2, 0) is 6.54 Å². The minimum atomic E-state index is -0.472. The van der Waals surface area contributed by atoms with E-state index in [2.05, 4.69) is 34.7 Å². The predicted octanol–water partition coefficient (Wildman–Crippen LogP) is 4.49. The van der Waals surface area contributed by atoms with E-state index in [4.69, 9.17) is 0 Å². The van der Waals surface area contributed by atoms with Gasteiger partial charge in [-0.15, -0.1) is 0 Å². The van der Waals surface area contributed by atoms with E-state index in [-0.39, 0.29) is 5.56 Å². The molecule has 1 aromatic carbocycles. The van der Waals surface area contributed by atoms with Crippen LogP contribution in [0.25, 0.3) is 0 Å². The molecule has 4 heteroatoms. The molecular formula is C14H18BrF2N. The molecule has 2 rings (SSSR count). The zero-order valence-corrected chi connectivity index (χ0v) is 12.3. The molecule has 18 heavy (non-hydrogen) atoms. The predicted molar refractivity (Wildman–Crippen MR) is 72.4 cm³/mol. The molecule has 0 unspecified atom stereocenters. The second kappa shape index (κ2) is 5.66. The topological polar surface area (TPSA) is 3.24 Å². The Labute approximate surface area is 115 Å². The van der Waals surface area contributed by atoms with Crippen LogP contribution in [0.4, 0.5) is 8.78 Å². The van der Waals surface area contributed by atoms with Crippen LogP contribution in [0.15, 0.2) is 16.6 Å². The monoisotopic (exact) mass is 317 g/mol. The number of hydrogen-bond acceptors (Lipinski definition) is 1. The lowest BCUT2D eigenvalue weighted by Crippen LogP contribution is -2.43. The Balaban J connectivity index is 2.25. The fourth-order valence-corrected chi connectivity index (χ4v) is 3.05. The van der Waals surface area contributed by atoms with E-state index in [0.717, 1.165) is 12.8 Å². The van der Waals surface area contributed by atoms with Gasteiger partial charge in [0, 0.05) is 24.2 Å². The van der Waals surface area contributed by atoms with Gasteiger partial charge >= 0.3 is 0 Å². The average molecular weight is 318 g/mol. The first-order valence-corrected chi connectivity index (χ1v) is 7.18. The third-order valence-electron chi connectivity index (χ3n) is 3.86. The Morgan fingerprint density at radius 2 is 1.83 bits per heavy atom. The van der Waals surface area contributed by atoms with Gasteiger partial charge in [0.2, 0.25) is 0 Å². The quantitative estimate of drug-likeness (QED) is 0.726. The summed E-state index contributed by atoms with van der Waals surface area (Å²) >= 11 is 3.12. The number of piperidine rings is 1. The summed E-state index contributed by atoms with van der Waals surface area (Å²) in [6.07, 6.45) is 3.39. The smallest absolute Gasteiger partial charge is 0.144 e. The van der Waals surface area contributed by atoms with Crippen LogP contribution in [0, 0.1) is 11.6 Å². The van der Waals surface area contributed by atoms with Gasteiger partial charge in [0.25, 0.3) is 0 Å². The molecule has 0 amide bonds. The maximum atomic E-state index is 14.0. The Morgan fingerprint density at radius 1 is 1.22 bits per heavy atom. The molecule has 0 saturated carbocycles. The van der Waals surface area contributed by atoms with Crippen LogP contribution < -0.4 is 0 Å². The molecule has 1 nitrogen and oxygen atoms in total. The highest BCUT2D eigenvalue weighted by Gasteiger charge is 2.26. The van der Waals surface area contributed by atoms with Gasteiger partial charge in [-0.2, -0.15) is 0 Å². The van der Waals surface area contributed by atoms with Crippen molar-refractivity contribution in [3.63, 3.8) is 0 Å². The lowest BCUT2D eigenvalue weighted by molar-refractivity contribution is 0.0925. The summed E-state index contributed by atoms with van der Waals surface area (Å²) in [6.45, 7) is 4.60. The molecule has 0 aromatic heterocycles. The van der Waals surface area contributed by atoms with Gasteiger partial charge in [-0.1, -0.05) is 6.42 Å². The summed E-state index contributed by atoms with van der Waals surface area (Å²) in [5.74, 6) is -0.930. The maximum absolute atomic E-state index is 14.0. The van der Waals surface area contributed by atoms with Crippen LogP contribution in [0.1, 0.15) is 38.7 Å². The molecule has 100 valence electrons. The molecule has 0 spiro atoms. The summed E-state index contributed by atoms with van der Waals surface area (Å²) in [4.78, 5) is 2.19. The number of hydrogen-bond donors (Lipinski definition) is 0. The second-order valence-corrected chi connectivity index (χ2v) is 5.98. The van der Waals surface area contributed by atoms with E-state index < -0.39 is 11.6 Å². The van der Waals surface area contributed by atoms with Crippen molar-refractivity contribution < 1.29 is 8.78 Å². The van der Waals surface area contributed by atoms with Gasteiger partial charge in [0.15, 0.2) is 0 Å². The molecule has 1 aliphatic rings. The van der Waals surface area contributed by atoms with E-state index >= 15 is 0 Å². The van der Waals surface area contributed by atoms with Gasteiger partial charge < -0.3 is 0 Å². The van der Waals surface area contributed by atoms with Crippen molar-refractivity contribution in [2.45, 2.75) is 51.7 Å². The molecule has 1 aromatic rings. The Kier molecular flexibility index (Phi) is 4.38. The van der Waals surface area contributed by atoms with Crippen LogP contribution in [-0.4, -0.2) is 17.0 Å². The molecule has 1 heterocycles. The standard InChI is InChI=1S/C14H18BrF2N/c1-9-4-3-5-10(2)18(9)8-11-13(16)7-6-12(15)14(11)17/h6-7,9-10H,3-5,8H2,1-2H3/t9-,10+. The van der Waals surface area contributed by atoms with Crippen LogP contribution >= 0.6 is 15.9 Å². The SMILES string of the molecule is C[C@@H]1CCC[C@H](C)N1Cc1c(F)ccc(Br)c1F. The summed E-state index contributed by atoms with van der Waals surface area (Å²) in [7, 11) is 0. The van der Waals surface area contributed by atoms with Gasteiger partial charge in [-0.25, -0.2) is 8.78 Å². The molecule has 0 radical (unpaired) electrons. The van der Waals surface area contributed by atoms with Crippen molar-refractivity contribution in [1.82, 2.24) is 4.90 Å². The van der Waals surface area contributed by atoms with Crippen LogP contribution in [0.5, 0.6) is 0 Å². The molecule has 2 atom stereocenters. The zero-order chi connectivity index (χ0) is 13.3. The molecular weight excluding hydrogens is 300 g/mol. The fourth-order valence-electron chi connectivity index (χ4n) is 2.68. The minimum Gasteiger partial charge on any atom is -0.294 e. The van der Waals surface area contributed by atoms with Crippen molar-refractivity contribution in [2.24, 2.45) is 0 Å². The highest BCUT2D eigenvalue weighted by Crippen LogP contribution is 2.28. The highest BCUT2D eigenvalue weighted by molar-refractivity contribution is 9.10. The third-order valence-corrected chi connectivity index (χ3v) is 4.47. The third kappa shape index (κ3) is 2.75. The van der Waals surface area contributed by atoms with Crippen molar-refractivity contribution in [3.8, 4) is 0 Å². The summed E-state index contributed by atoms with van der Waals surface area (Å²) < 4.78 is 28.0. The van der Waals surface area contributed by atoms with Gasteiger partial charge in [-0.05, 0) is 54.8 Å². The zero-order valence-electron chi connectivity index (χ0n) is 10.7. The first kappa shape index (κ1) is 13.9. The second-order valence-electron chi connectivity index (χ2n) is 5.12. The Hall–Kier alpha value is -0.480. The Morgan fingerprint density at radius 3 is 2.44 bits per heavy atom. The molecule has 0 bridgehead atoms. The van der Waals surface area contributed by atoms with Crippen molar-refractivity contribution in [3.05, 3.63) is 33.8 Å². The fraction of sp³-hybridized carbons (Fsp3) is 0.571. The van der Waals surface area contributed by atoms with E-state index in [1.165, 1.54) is 18.6 Å². The van der Waals surface area contributed by atoms with Crippen molar-refractivity contribution in [2.75, 3.05) is 0 Å².